The molecule has 11 heteroatoms. The number of halogens is 1. The molecule has 1 unspecified atom stereocenters. The first-order valence-corrected chi connectivity index (χ1v) is 17.6. The third-order valence-electron chi connectivity index (χ3n) is 7.06. The van der Waals surface area contributed by atoms with Crippen molar-refractivity contribution in [2.24, 2.45) is 0 Å². The summed E-state index contributed by atoms with van der Waals surface area (Å²) in [7, 11) is 0. The van der Waals surface area contributed by atoms with Gasteiger partial charge in [0.15, 0.2) is 0 Å². The minimum atomic E-state index is -2.11. The maximum absolute atomic E-state index is 10.2. The Hall–Kier alpha value is 0.00273. The van der Waals surface area contributed by atoms with Crippen LogP contribution in [0.5, 0.6) is 0 Å². The molecule has 0 spiro atoms. The van der Waals surface area contributed by atoms with Crippen molar-refractivity contribution in [2.75, 3.05) is 13.2 Å². The van der Waals surface area contributed by atoms with E-state index in [4.69, 9.17) is 14.8 Å². The summed E-state index contributed by atoms with van der Waals surface area (Å²) in [5, 5.41) is 14.6. The number of alkyl halides is 1. The normalized spacial score (nSPS) is 12.3. The van der Waals surface area contributed by atoms with Gasteiger partial charge in [-0.05, 0) is 63.9 Å². The number of aryl methyl sites for hydroxylation is 2. The molecule has 6 nitrogen and oxygen atoms in total. The fourth-order valence-corrected chi connectivity index (χ4v) is 5.34. The summed E-state index contributed by atoms with van der Waals surface area (Å²) in [5.41, 5.74) is 4.15. The topological polar surface area (TPSA) is 98.7 Å². The van der Waals surface area contributed by atoms with E-state index >= 15 is 0 Å². The Morgan fingerprint density at radius 2 is 1.25 bits per heavy atom. The molecule has 0 aromatic heterocycles. The molecule has 0 saturated carbocycles. The van der Waals surface area contributed by atoms with Crippen molar-refractivity contribution in [3.05, 3.63) is 167 Å². The van der Waals surface area contributed by atoms with Gasteiger partial charge in [0.25, 0.3) is 6.47 Å². The molecule has 1 saturated heterocycles. The zero-order valence-corrected chi connectivity index (χ0v) is 40.2. The van der Waals surface area contributed by atoms with E-state index in [0.717, 1.165) is 31.4 Å². The van der Waals surface area contributed by atoms with Crippen molar-refractivity contribution in [1.82, 2.24) is 0 Å². The summed E-state index contributed by atoms with van der Waals surface area (Å²) >= 11 is 1.33. The molecule has 0 N–H and O–H groups in total. The van der Waals surface area contributed by atoms with Gasteiger partial charge in [-0.15, -0.1) is 0 Å². The molecule has 1 aliphatic heterocycles. The van der Waals surface area contributed by atoms with Crippen LogP contribution in [0.4, 0.5) is 0 Å². The van der Waals surface area contributed by atoms with E-state index in [1.807, 2.05) is 0 Å². The average Bonchev–Trinajstić information content (AvgIpc) is 3.76. The third kappa shape index (κ3) is 21.6. The molecule has 1 heterocycles. The van der Waals surface area contributed by atoms with Crippen LogP contribution in [0.25, 0.3) is 21.5 Å². The zero-order valence-electron chi connectivity index (χ0n) is 30.5. The number of carbonyl (C=O) groups is 1. The molecule has 5 aromatic rings. The summed E-state index contributed by atoms with van der Waals surface area (Å²) in [6.07, 6.45) is 13.6. The minimum absolute atomic E-state index is 0. The van der Waals surface area contributed by atoms with Crippen molar-refractivity contribution < 1.29 is 162 Å². The molecule has 1 aliphatic carbocycles. The predicted molar refractivity (Wildman–Crippen MR) is 197 cm³/mol. The number of hydrogen-bond acceptors (Lipinski definition) is 6. The van der Waals surface area contributed by atoms with E-state index in [0.29, 0.717) is 0 Å². The molecule has 250 valence electrons. The molecule has 0 amide bonds. The second-order valence-electron chi connectivity index (χ2n) is 10.5. The van der Waals surface area contributed by atoms with Gasteiger partial charge in [-0.2, -0.15) is 0 Å². The van der Waals surface area contributed by atoms with Gasteiger partial charge in [-0.25, -0.2) is 0 Å². The number of rotatable bonds is 6. The monoisotopic (exact) mass is 827 g/mol. The van der Waals surface area contributed by atoms with Crippen molar-refractivity contribution in [3.63, 3.8) is 0 Å². The van der Waals surface area contributed by atoms with Gasteiger partial charge in [-0.3, -0.25) is 9.00 Å². The first kappa shape index (κ1) is 51.0. The van der Waals surface area contributed by atoms with Crippen LogP contribution in [0.3, 0.4) is 0 Å². The maximum Gasteiger partial charge on any atom is 1.00 e. The molecule has 5 aromatic carbocycles. The first-order chi connectivity index (χ1) is 23.5. The fourth-order valence-electron chi connectivity index (χ4n) is 4.64. The number of fused-ring (bicyclic) bond motifs is 2. The van der Waals surface area contributed by atoms with E-state index in [-0.39, 0.29) is 145 Å². The van der Waals surface area contributed by atoms with Crippen molar-refractivity contribution in [2.45, 2.75) is 31.0 Å². The summed E-state index contributed by atoms with van der Waals surface area (Å²) in [5.74, 6) is 0. The summed E-state index contributed by atoms with van der Waals surface area (Å²) in [6, 6.07) is 40.9. The van der Waals surface area contributed by atoms with Gasteiger partial charge < -0.3 is 20.9 Å². The van der Waals surface area contributed by atoms with Crippen molar-refractivity contribution in [3.8, 4) is 0 Å². The Morgan fingerprint density at radius 3 is 1.69 bits per heavy atom. The Labute approximate surface area is 421 Å². The Kier molecular flexibility index (Phi) is 32.3. The molecule has 1 atom stereocenters. The van der Waals surface area contributed by atoms with Gasteiger partial charge in [0.05, 0.1) is 6.08 Å². The Morgan fingerprint density at radius 1 is 0.765 bits per heavy atom. The largest absolute Gasteiger partial charge is 1.00 e. The van der Waals surface area contributed by atoms with Crippen LogP contribution in [0.2, 0.25) is 0 Å². The number of carbonyl (C=O) groups excluding carboxylic acids is 1. The second kappa shape index (κ2) is 32.3. The molecule has 2 aliphatic rings. The van der Waals surface area contributed by atoms with Crippen LogP contribution in [-0.2, 0) is 43.7 Å². The molecule has 51 heavy (non-hydrogen) atoms. The summed E-state index contributed by atoms with van der Waals surface area (Å²) in [6.45, 7) is 1.82. The summed E-state index contributed by atoms with van der Waals surface area (Å²) in [4.78, 5) is 11.5. The first-order valence-electron chi connectivity index (χ1n) is 15.4. The van der Waals surface area contributed by atoms with Crippen LogP contribution in [0, 0.1) is 6.08 Å². The minimum Gasteiger partial charge on any atom is -1.00 e. The number of allylic oxidation sites excluding steroid dienone is 5. The van der Waals surface area contributed by atoms with Gasteiger partial charge in [0.1, 0.15) is 17.1 Å². The van der Waals surface area contributed by atoms with Crippen molar-refractivity contribution in [1.29, 1.82) is 0 Å². The number of benzene rings is 5. The fraction of sp³-hybridized carbons (Fsp3) is 0.175. The molecule has 7 rings (SSSR count). The van der Waals surface area contributed by atoms with E-state index in [1.165, 1.54) is 63.2 Å². The molecular formula is C40H39BrK2NaO6S+. The SMILES string of the molecule is BrCc1ccc2ccccc2c1.C1CCOC1.O=CO[O-].O=S([O-])C1=CC=C[C+]=C1.[H-].[K+].[K+].[Na+].c1ccc(CCc2ccc3ccccc3c2)cc1. The average molecular weight is 829 g/mol. The van der Waals surface area contributed by atoms with Crippen LogP contribution in [0.15, 0.2) is 144 Å². The number of hydrogen-bond donors (Lipinski definition) is 0. The quantitative estimate of drug-likeness (QED) is 0.0432. The van der Waals surface area contributed by atoms with Crippen LogP contribution >= 0.6 is 15.9 Å². The van der Waals surface area contributed by atoms with Gasteiger partial charge in [-0.1, -0.05) is 131 Å². The van der Waals surface area contributed by atoms with Crippen molar-refractivity contribution >= 4 is 55.0 Å². The van der Waals surface area contributed by atoms with E-state index in [9.17, 15) is 8.76 Å². The van der Waals surface area contributed by atoms with Gasteiger partial charge in [0.2, 0.25) is 0 Å². The van der Waals surface area contributed by atoms with Crippen LogP contribution < -0.4 is 138 Å². The molecule has 0 bridgehead atoms. The van der Waals surface area contributed by atoms with Gasteiger partial charge in [0, 0.05) is 41.8 Å². The smallest absolute Gasteiger partial charge is 1.00 e. The Balaban J connectivity index is 0. The maximum atomic E-state index is 10.2. The molecule has 0 radical (unpaired) electrons. The second-order valence-corrected chi connectivity index (χ2v) is 12.0. The van der Waals surface area contributed by atoms with Crippen LogP contribution in [-0.4, -0.2) is 28.4 Å². The standard InChI is InChI=1S/C18H16.C11H9Br.C6H4O2S.C4H8O.CH2O3.2K.Na.H/c1-2-6-15(7-3-1)10-11-16-12-13-17-8-4-5-9-18(17)14-16;12-8-9-5-6-10-3-1-2-4-11(10)7-9;7-9(8)6-4-2-1-3-5-6;1-2-4-5-3-1;2-1-4-3;;;;/h1-9,12-14H,10-11H2;1-7H,8H2;1-2,4-5H;1-4H2;1,3H;;;;/q;;;;;3*+1;-1/p-1. The van der Waals surface area contributed by atoms with E-state index < -0.39 is 11.1 Å². The zero-order chi connectivity index (χ0) is 34.2. The third-order valence-corrected chi connectivity index (χ3v) is 8.35. The predicted octanol–water partition coefficient (Wildman–Crippen LogP) is -0.606. The molecule has 1 fully saturated rings. The van der Waals surface area contributed by atoms with E-state index in [2.05, 4.69) is 142 Å². The summed E-state index contributed by atoms with van der Waals surface area (Å²) < 4.78 is 25.3. The van der Waals surface area contributed by atoms with Gasteiger partial charge >= 0.3 is 132 Å². The van der Waals surface area contributed by atoms with E-state index in [1.54, 1.807) is 12.2 Å². The number of ether oxygens (including phenoxy) is 1. The molecular weight excluding hydrogens is 790 g/mol. The Bertz CT molecular complexity index is 1800. The van der Waals surface area contributed by atoms with Crippen LogP contribution in [0.1, 0.15) is 31.0 Å².